The quantitative estimate of drug-likeness (QED) is 0.672. The van der Waals surface area contributed by atoms with Crippen LogP contribution in [-0.4, -0.2) is 6.26 Å². The number of halogens is 2. The van der Waals surface area contributed by atoms with E-state index < -0.39 is 11.6 Å². The highest BCUT2D eigenvalue weighted by Crippen LogP contribution is 2.32. The molecule has 0 heterocycles. The van der Waals surface area contributed by atoms with Gasteiger partial charge in [-0.15, -0.1) is 11.8 Å². The minimum absolute atomic E-state index is 0.0543. The Morgan fingerprint density at radius 1 is 1.06 bits per heavy atom. The molecule has 0 spiro atoms. The van der Waals surface area contributed by atoms with Gasteiger partial charge in [-0.25, -0.2) is 8.78 Å². The fourth-order valence-corrected chi connectivity index (χ4v) is 1.84. The summed E-state index contributed by atoms with van der Waals surface area (Å²) in [7, 11) is 0. The lowest BCUT2D eigenvalue weighted by molar-refractivity contribution is 0.438. The van der Waals surface area contributed by atoms with Gasteiger partial charge in [0.05, 0.1) is 5.69 Å². The molecule has 0 fully saturated rings. The lowest BCUT2D eigenvalue weighted by Gasteiger charge is -2.10. The van der Waals surface area contributed by atoms with E-state index >= 15 is 0 Å². The van der Waals surface area contributed by atoms with E-state index in [1.807, 2.05) is 12.3 Å². The molecule has 0 radical (unpaired) electrons. The second-order valence-electron chi connectivity index (χ2n) is 3.58. The third-order valence-electron chi connectivity index (χ3n) is 2.33. The van der Waals surface area contributed by atoms with Gasteiger partial charge in [-0.1, -0.05) is 0 Å². The maximum Gasteiger partial charge on any atom is 0.168 e. The highest BCUT2D eigenvalue weighted by atomic mass is 32.2. The Balaban J connectivity index is 2.33. The number of nitrogen functional groups attached to an aromatic ring is 1. The van der Waals surface area contributed by atoms with E-state index in [2.05, 4.69) is 0 Å². The first-order chi connectivity index (χ1) is 8.60. The Labute approximate surface area is 108 Å². The monoisotopic (exact) mass is 267 g/mol. The highest BCUT2D eigenvalue weighted by molar-refractivity contribution is 7.98. The van der Waals surface area contributed by atoms with E-state index in [9.17, 15) is 8.78 Å². The molecule has 2 aromatic rings. The summed E-state index contributed by atoms with van der Waals surface area (Å²) in [5.41, 5.74) is 6.14. The average molecular weight is 267 g/mol. The van der Waals surface area contributed by atoms with E-state index in [0.717, 1.165) is 17.0 Å². The molecule has 0 aromatic heterocycles. The zero-order chi connectivity index (χ0) is 13.1. The van der Waals surface area contributed by atoms with Crippen molar-refractivity contribution in [2.45, 2.75) is 4.90 Å². The van der Waals surface area contributed by atoms with Gasteiger partial charge < -0.3 is 10.5 Å². The van der Waals surface area contributed by atoms with E-state index in [1.54, 1.807) is 12.1 Å². The number of nitrogens with two attached hydrogens (primary N) is 1. The molecule has 0 aliphatic carbocycles. The highest BCUT2D eigenvalue weighted by Gasteiger charge is 2.09. The van der Waals surface area contributed by atoms with Crippen LogP contribution in [-0.2, 0) is 0 Å². The number of thioether (sulfide) groups is 1. The molecule has 2 nitrogen and oxygen atoms in total. The van der Waals surface area contributed by atoms with Gasteiger partial charge in [0.2, 0.25) is 0 Å². The lowest BCUT2D eigenvalue weighted by atomic mass is 10.3. The van der Waals surface area contributed by atoms with Crippen LogP contribution in [0, 0.1) is 11.6 Å². The van der Waals surface area contributed by atoms with Gasteiger partial charge in [-0.2, -0.15) is 0 Å². The van der Waals surface area contributed by atoms with Crippen LogP contribution in [0.5, 0.6) is 11.5 Å². The van der Waals surface area contributed by atoms with Crippen LogP contribution >= 0.6 is 11.8 Å². The van der Waals surface area contributed by atoms with Gasteiger partial charge in [-0.05, 0) is 36.6 Å². The van der Waals surface area contributed by atoms with Crippen molar-refractivity contribution in [2.75, 3.05) is 12.0 Å². The molecule has 0 saturated heterocycles. The van der Waals surface area contributed by atoms with Crippen LogP contribution in [0.2, 0.25) is 0 Å². The Morgan fingerprint density at radius 3 is 2.50 bits per heavy atom. The van der Waals surface area contributed by atoms with Crippen molar-refractivity contribution in [1.29, 1.82) is 0 Å². The fourth-order valence-electron chi connectivity index (χ4n) is 1.41. The van der Waals surface area contributed by atoms with Gasteiger partial charge in [0.1, 0.15) is 5.82 Å². The van der Waals surface area contributed by atoms with Crippen LogP contribution in [0.3, 0.4) is 0 Å². The van der Waals surface area contributed by atoms with Crippen LogP contribution in [0.25, 0.3) is 0 Å². The summed E-state index contributed by atoms with van der Waals surface area (Å²) in [5, 5.41) is 0. The molecular weight excluding hydrogens is 256 g/mol. The first-order valence-corrected chi connectivity index (χ1v) is 6.39. The summed E-state index contributed by atoms with van der Waals surface area (Å²) in [4.78, 5) is 0.946. The van der Waals surface area contributed by atoms with Crippen molar-refractivity contribution >= 4 is 17.4 Å². The van der Waals surface area contributed by atoms with Crippen molar-refractivity contribution in [2.24, 2.45) is 0 Å². The molecule has 2 N–H and O–H groups in total. The van der Waals surface area contributed by atoms with E-state index in [0.29, 0.717) is 11.4 Å². The number of ether oxygens (including phenoxy) is 1. The van der Waals surface area contributed by atoms with Gasteiger partial charge in [0, 0.05) is 11.0 Å². The molecule has 5 heteroatoms. The van der Waals surface area contributed by atoms with Crippen LogP contribution in [0.15, 0.2) is 41.3 Å². The van der Waals surface area contributed by atoms with Crippen molar-refractivity contribution in [3.63, 3.8) is 0 Å². The van der Waals surface area contributed by atoms with Crippen molar-refractivity contribution in [3.8, 4) is 11.5 Å². The van der Waals surface area contributed by atoms with Crippen LogP contribution in [0.1, 0.15) is 0 Å². The molecular formula is C13H11F2NOS. The number of hydrogen-bond donors (Lipinski definition) is 1. The van der Waals surface area contributed by atoms with Gasteiger partial charge in [-0.3, -0.25) is 0 Å². The zero-order valence-electron chi connectivity index (χ0n) is 9.61. The Bertz CT molecular complexity index is 575. The van der Waals surface area contributed by atoms with Crippen molar-refractivity contribution in [3.05, 3.63) is 48.0 Å². The maximum atomic E-state index is 13.4. The van der Waals surface area contributed by atoms with Gasteiger partial charge in [0.25, 0.3) is 0 Å². The van der Waals surface area contributed by atoms with Gasteiger partial charge in [0.15, 0.2) is 17.3 Å². The summed E-state index contributed by atoms with van der Waals surface area (Å²) in [5.74, 6) is -1.11. The smallest absolute Gasteiger partial charge is 0.168 e. The molecule has 0 saturated carbocycles. The van der Waals surface area contributed by atoms with E-state index in [-0.39, 0.29) is 5.75 Å². The predicted octanol–water partition coefficient (Wildman–Crippen LogP) is 4.06. The topological polar surface area (TPSA) is 35.2 Å². The predicted molar refractivity (Wildman–Crippen MR) is 69.1 cm³/mol. The summed E-state index contributed by atoms with van der Waals surface area (Å²) in [6, 6.07) is 8.37. The Kier molecular flexibility index (Phi) is 3.72. The summed E-state index contributed by atoms with van der Waals surface area (Å²) >= 11 is 1.52. The minimum Gasteiger partial charge on any atom is -0.452 e. The second kappa shape index (κ2) is 5.27. The van der Waals surface area contributed by atoms with Crippen LogP contribution in [0.4, 0.5) is 14.5 Å². The fraction of sp³-hybridized carbons (Fsp3) is 0.0769. The average Bonchev–Trinajstić information content (AvgIpc) is 2.35. The van der Waals surface area contributed by atoms with E-state index in [4.69, 9.17) is 10.5 Å². The standard InChI is InChI=1S/C13H11F2NOS/c1-18-9-3-4-11(16)13(7-9)17-12-5-2-8(14)6-10(12)15/h2-7H,16H2,1H3. The van der Waals surface area contributed by atoms with Crippen molar-refractivity contribution < 1.29 is 13.5 Å². The first kappa shape index (κ1) is 12.7. The molecule has 0 atom stereocenters. The Hall–Kier alpha value is -1.75. The lowest BCUT2D eigenvalue weighted by Crippen LogP contribution is -1.94. The third-order valence-corrected chi connectivity index (χ3v) is 3.06. The molecule has 2 rings (SSSR count). The molecule has 0 aliphatic heterocycles. The van der Waals surface area contributed by atoms with Gasteiger partial charge >= 0.3 is 0 Å². The van der Waals surface area contributed by atoms with Crippen molar-refractivity contribution in [1.82, 2.24) is 0 Å². The summed E-state index contributed by atoms with van der Waals surface area (Å²) in [6.45, 7) is 0. The molecule has 94 valence electrons. The zero-order valence-corrected chi connectivity index (χ0v) is 10.4. The first-order valence-electron chi connectivity index (χ1n) is 5.16. The SMILES string of the molecule is CSc1ccc(N)c(Oc2ccc(F)cc2F)c1. The molecule has 2 aromatic carbocycles. The summed E-state index contributed by atoms with van der Waals surface area (Å²) < 4.78 is 31.6. The molecule has 0 unspecified atom stereocenters. The second-order valence-corrected chi connectivity index (χ2v) is 4.46. The molecule has 0 bridgehead atoms. The minimum atomic E-state index is -0.760. The third kappa shape index (κ3) is 2.73. The number of benzene rings is 2. The number of rotatable bonds is 3. The van der Waals surface area contributed by atoms with E-state index in [1.165, 1.54) is 17.8 Å². The number of hydrogen-bond acceptors (Lipinski definition) is 3. The normalized spacial score (nSPS) is 10.4. The van der Waals surface area contributed by atoms with Crippen LogP contribution < -0.4 is 10.5 Å². The summed E-state index contributed by atoms with van der Waals surface area (Å²) in [6.07, 6.45) is 1.91. The maximum absolute atomic E-state index is 13.4. The molecule has 18 heavy (non-hydrogen) atoms. The largest absolute Gasteiger partial charge is 0.452 e. The Morgan fingerprint density at radius 2 is 1.83 bits per heavy atom. The number of anilines is 1. The molecule has 0 aliphatic rings. The molecule has 0 amide bonds.